The summed E-state index contributed by atoms with van der Waals surface area (Å²) in [5, 5.41) is 3.13. The Hall–Kier alpha value is -0.610. The molecule has 0 aliphatic heterocycles. The average Bonchev–Trinajstić information content (AvgIpc) is 2.35. The van der Waals surface area contributed by atoms with E-state index in [9.17, 15) is 4.79 Å². The molecule has 0 saturated carbocycles. The Morgan fingerprint density at radius 3 is 2.10 bits per heavy atom. The first kappa shape index (κ1) is 19.4. The molecule has 4 nitrogen and oxygen atoms in total. The van der Waals surface area contributed by atoms with Crippen molar-refractivity contribution in [3.63, 3.8) is 0 Å². The average molecular weight is 286 g/mol. The predicted octanol–water partition coefficient (Wildman–Crippen LogP) is 2.67. The van der Waals surface area contributed by atoms with Crippen molar-refractivity contribution in [1.29, 1.82) is 0 Å². The van der Waals surface area contributed by atoms with Gasteiger partial charge in [0.25, 0.3) is 0 Å². The number of ether oxygens (including phenoxy) is 1. The molecule has 0 aromatic heterocycles. The molecule has 1 N–H and O–H groups in total. The highest BCUT2D eigenvalue weighted by molar-refractivity contribution is 5.80. The molecule has 0 radical (unpaired) electrons. The number of carbonyl (C=O) groups excluding carboxylic acids is 1. The van der Waals surface area contributed by atoms with Crippen molar-refractivity contribution < 1.29 is 9.53 Å². The van der Waals surface area contributed by atoms with Crippen LogP contribution in [-0.2, 0) is 9.53 Å². The zero-order chi connectivity index (χ0) is 16.1. The van der Waals surface area contributed by atoms with Crippen molar-refractivity contribution in [1.82, 2.24) is 10.2 Å². The number of likely N-dealkylation sites (N-methyl/N-ethyl adjacent to an activating group) is 1. The Morgan fingerprint density at radius 1 is 1.25 bits per heavy atom. The predicted molar refractivity (Wildman–Crippen MR) is 84.9 cm³/mol. The van der Waals surface area contributed by atoms with Crippen molar-refractivity contribution in [3.05, 3.63) is 0 Å². The zero-order valence-electron chi connectivity index (χ0n) is 14.8. The summed E-state index contributed by atoms with van der Waals surface area (Å²) in [6.07, 6.45) is 0.721. The van der Waals surface area contributed by atoms with Crippen molar-refractivity contribution in [3.8, 4) is 0 Å². The van der Waals surface area contributed by atoms with Gasteiger partial charge in [0, 0.05) is 12.1 Å². The van der Waals surface area contributed by atoms with Crippen LogP contribution >= 0.6 is 0 Å². The van der Waals surface area contributed by atoms with Gasteiger partial charge in [-0.1, -0.05) is 20.8 Å². The highest BCUT2D eigenvalue weighted by Gasteiger charge is 2.37. The molecule has 3 unspecified atom stereocenters. The van der Waals surface area contributed by atoms with Crippen LogP contribution in [0.15, 0.2) is 0 Å². The van der Waals surface area contributed by atoms with Gasteiger partial charge in [-0.25, -0.2) is 0 Å². The molecule has 0 spiro atoms. The number of rotatable bonds is 7. The SMILES string of the molecule is CCOC(=O)C(C)(CC(C)N(C)C(C)C(C)(C)C)NC. The van der Waals surface area contributed by atoms with Crippen molar-refractivity contribution in [2.45, 2.75) is 72.5 Å². The Morgan fingerprint density at radius 2 is 1.75 bits per heavy atom. The van der Waals surface area contributed by atoms with E-state index >= 15 is 0 Å². The maximum Gasteiger partial charge on any atom is 0.326 e. The number of hydrogen-bond donors (Lipinski definition) is 1. The molecule has 20 heavy (non-hydrogen) atoms. The molecule has 0 aromatic carbocycles. The number of hydrogen-bond acceptors (Lipinski definition) is 4. The van der Waals surface area contributed by atoms with Crippen LogP contribution in [0, 0.1) is 5.41 Å². The Kier molecular flexibility index (Phi) is 7.19. The van der Waals surface area contributed by atoms with E-state index in [2.05, 4.69) is 51.9 Å². The van der Waals surface area contributed by atoms with E-state index in [4.69, 9.17) is 4.74 Å². The molecule has 0 aliphatic carbocycles. The molecular weight excluding hydrogens is 252 g/mol. The summed E-state index contributed by atoms with van der Waals surface area (Å²) >= 11 is 0. The number of nitrogens with zero attached hydrogens (tertiary/aromatic N) is 1. The fraction of sp³-hybridized carbons (Fsp3) is 0.938. The van der Waals surface area contributed by atoms with Gasteiger partial charge in [-0.2, -0.15) is 0 Å². The second kappa shape index (κ2) is 7.41. The second-order valence-corrected chi connectivity index (χ2v) is 7.06. The van der Waals surface area contributed by atoms with Gasteiger partial charge in [-0.15, -0.1) is 0 Å². The van der Waals surface area contributed by atoms with E-state index in [1.54, 1.807) is 0 Å². The Bertz CT molecular complexity index is 312. The molecule has 120 valence electrons. The van der Waals surface area contributed by atoms with Gasteiger partial charge >= 0.3 is 5.97 Å². The van der Waals surface area contributed by atoms with Crippen LogP contribution in [0.1, 0.15) is 54.9 Å². The minimum absolute atomic E-state index is 0.175. The van der Waals surface area contributed by atoms with E-state index in [1.165, 1.54) is 0 Å². The smallest absolute Gasteiger partial charge is 0.326 e. The van der Waals surface area contributed by atoms with Gasteiger partial charge in [0.2, 0.25) is 0 Å². The highest BCUT2D eigenvalue weighted by Crippen LogP contribution is 2.27. The molecule has 0 aromatic rings. The second-order valence-electron chi connectivity index (χ2n) is 7.06. The Balaban J connectivity index is 4.86. The van der Waals surface area contributed by atoms with E-state index in [-0.39, 0.29) is 17.4 Å². The van der Waals surface area contributed by atoms with Crippen molar-refractivity contribution in [2.24, 2.45) is 5.41 Å². The third kappa shape index (κ3) is 5.06. The summed E-state index contributed by atoms with van der Waals surface area (Å²) < 4.78 is 5.19. The lowest BCUT2D eigenvalue weighted by Gasteiger charge is -2.41. The first-order valence-corrected chi connectivity index (χ1v) is 7.57. The lowest BCUT2D eigenvalue weighted by Crippen LogP contribution is -2.54. The third-order valence-electron chi connectivity index (χ3n) is 4.54. The maximum atomic E-state index is 12.1. The van der Waals surface area contributed by atoms with Crippen LogP contribution in [0.3, 0.4) is 0 Å². The summed E-state index contributed by atoms with van der Waals surface area (Å²) in [5.41, 5.74) is -0.426. The van der Waals surface area contributed by atoms with Crippen molar-refractivity contribution in [2.75, 3.05) is 20.7 Å². The van der Waals surface area contributed by atoms with Gasteiger partial charge in [0.05, 0.1) is 6.61 Å². The highest BCUT2D eigenvalue weighted by atomic mass is 16.5. The molecular formula is C16H34N2O2. The molecule has 0 heterocycles. The minimum atomic E-state index is -0.638. The van der Waals surface area contributed by atoms with Crippen LogP contribution in [0.5, 0.6) is 0 Å². The number of esters is 1. The first-order chi connectivity index (χ1) is 8.99. The fourth-order valence-corrected chi connectivity index (χ4v) is 2.31. The van der Waals surface area contributed by atoms with Crippen molar-refractivity contribution >= 4 is 5.97 Å². The van der Waals surface area contributed by atoms with Crippen LogP contribution in [-0.4, -0.2) is 49.2 Å². The lowest BCUT2D eigenvalue weighted by atomic mass is 9.85. The van der Waals surface area contributed by atoms with Crippen LogP contribution in [0.2, 0.25) is 0 Å². The molecule has 4 heteroatoms. The number of nitrogens with one attached hydrogen (secondary N) is 1. The molecule has 0 saturated heterocycles. The van der Waals surface area contributed by atoms with Gasteiger partial charge < -0.3 is 15.0 Å². The summed E-state index contributed by atoms with van der Waals surface area (Å²) in [4.78, 5) is 14.5. The molecule has 0 rings (SSSR count). The largest absolute Gasteiger partial charge is 0.465 e. The molecule has 0 bridgehead atoms. The van der Waals surface area contributed by atoms with Gasteiger partial charge in [0.1, 0.15) is 5.54 Å². The van der Waals surface area contributed by atoms with E-state index in [1.807, 2.05) is 20.9 Å². The summed E-state index contributed by atoms with van der Waals surface area (Å²) in [5.74, 6) is -0.175. The third-order valence-corrected chi connectivity index (χ3v) is 4.54. The quantitative estimate of drug-likeness (QED) is 0.731. The topological polar surface area (TPSA) is 41.6 Å². The fourth-order valence-electron chi connectivity index (χ4n) is 2.31. The van der Waals surface area contributed by atoms with Crippen LogP contribution < -0.4 is 5.32 Å². The lowest BCUT2D eigenvalue weighted by molar-refractivity contribution is -0.151. The van der Waals surface area contributed by atoms with E-state index in [0.717, 1.165) is 6.42 Å². The normalized spacial score (nSPS) is 18.5. The zero-order valence-corrected chi connectivity index (χ0v) is 14.8. The molecule has 0 fully saturated rings. The minimum Gasteiger partial charge on any atom is -0.465 e. The van der Waals surface area contributed by atoms with Gasteiger partial charge in [0.15, 0.2) is 0 Å². The standard InChI is InChI=1S/C16H34N2O2/c1-10-20-14(19)16(7,17-8)11-12(2)18(9)13(3)15(4,5)6/h12-13,17H,10-11H2,1-9H3. The summed E-state index contributed by atoms with van der Waals surface area (Å²) in [6.45, 7) is 15.3. The Labute approximate surface area is 125 Å². The molecule has 0 aliphatic rings. The monoisotopic (exact) mass is 286 g/mol. The molecule has 3 atom stereocenters. The molecule has 0 amide bonds. The van der Waals surface area contributed by atoms with E-state index in [0.29, 0.717) is 12.6 Å². The number of carbonyl (C=O) groups is 1. The van der Waals surface area contributed by atoms with E-state index < -0.39 is 5.54 Å². The van der Waals surface area contributed by atoms with Crippen LogP contribution in [0.25, 0.3) is 0 Å². The van der Waals surface area contributed by atoms with Gasteiger partial charge in [-0.05, 0) is 53.6 Å². The first-order valence-electron chi connectivity index (χ1n) is 7.57. The summed E-state index contributed by atoms with van der Waals surface area (Å²) in [7, 11) is 3.94. The van der Waals surface area contributed by atoms with Gasteiger partial charge in [-0.3, -0.25) is 4.79 Å². The summed E-state index contributed by atoms with van der Waals surface area (Å²) in [6, 6.07) is 0.715. The maximum absolute atomic E-state index is 12.1. The van der Waals surface area contributed by atoms with Crippen LogP contribution in [0.4, 0.5) is 0 Å².